The standard InChI is InChI=1S/C15H15N5/c1-2-4-13(5-3-1)6-7-15-11-20(19-18-15)10-14-8-9-16-12-17-14/h1-5,8-9,11-12H,6-7,10H2. The van der Waals surface area contributed by atoms with Crippen molar-refractivity contribution in [1.82, 2.24) is 25.0 Å². The van der Waals surface area contributed by atoms with E-state index < -0.39 is 0 Å². The summed E-state index contributed by atoms with van der Waals surface area (Å²) in [7, 11) is 0. The van der Waals surface area contributed by atoms with Crippen LogP contribution in [-0.4, -0.2) is 25.0 Å². The highest BCUT2D eigenvalue weighted by Crippen LogP contribution is 2.05. The molecule has 0 aliphatic carbocycles. The Morgan fingerprint density at radius 3 is 2.65 bits per heavy atom. The van der Waals surface area contributed by atoms with Crippen LogP contribution in [0.3, 0.4) is 0 Å². The first-order valence-electron chi connectivity index (χ1n) is 6.58. The van der Waals surface area contributed by atoms with E-state index in [1.807, 2.05) is 23.0 Å². The van der Waals surface area contributed by atoms with E-state index in [0.717, 1.165) is 24.2 Å². The Balaban J connectivity index is 1.60. The van der Waals surface area contributed by atoms with Gasteiger partial charge in [0.2, 0.25) is 0 Å². The number of nitrogens with zero attached hydrogens (tertiary/aromatic N) is 5. The summed E-state index contributed by atoms with van der Waals surface area (Å²) in [5.41, 5.74) is 3.25. The van der Waals surface area contributed by atoms with Gasteiger partial charge in [-0.05, 0) is 24.5 Å². The summed E-state index contributed by atoms with van der Waals surface area (Å²) in [6, 6.07) is 12.3. The second kappa shape index (κ2) is 6.06. The largest absolute Gasteiger partial charge is 0.246 e. The predicted octanol–water partition coefficient (Wildman–Crippen LogP) is 1.90. The Morgan fingerprint density at radius 1 is 0.950 bits per heavy atom. The van der Waals surface area contributed by atoms with E-state index in [1.165, 1.54) is 5.56 Å². The van der Waals surface area contributed by atoms with Crippen molar-refractivity contribution < 1.29 is 0 Å². The van der Waals surface area contributed by atoms with Crippen molar-refractivity contribution in [2.45, 2.75) is 19.4 Å². The van der Waals surface area contributed by atoms with Crippen molar-refractivity contribution in [3.05, 3.63) is 72.1 Å². The van der Waals surface area contributed by atoms with Crippen LogP contribution in [0, 0.1) is 0 Å². The topological polar surface area (TPSA) is 56.5 Å². The van der Waals surface area contributed by atoms with Gasteiger partial charge in [-0.2, -0.15) is 0 Å². The average Bonchev–Trinajstić information content (AvgIpc) is 2.95. The third-order valence-electron chi connectivity index (χ3n) is 3.07. The molecule has 0 unspecified atom stereocenters. The van der Waals surface area contributed by atoms with E-state index in [-0.39, 0.29) is 0 Å². The molecule has 0 atom stereocenters. The highest BCUT2D eigenvalue weighted by Gasteiger charge is 2.03. The average molecular weight is 265 g/mol. The third kappa shape index (κ3) is 3.26. The molecule has 1 aromatic carbocycles. The Kier molecular flexibility index (Phi) is 3.78. The van der Waals surface area contributed by atoms with Crippen LogP contribution in [0.1, 0.15) is 17.0 Å². The molecule has 0 spiro atoms. The van der Waals surface area contributed by atoms with Gasteiger partial charge >= 0.3 is 0 Å². The SMILES string of the molecule is c1ccc(CCc2cn(Cc3ccncn3)nn2)cc1. The fourth-order valence-electron chi connectivity index (χ4n) is 2.03. The van der Waals surface area contributed by atoms with Crippen LogP contribution in [0.5, 0.6) is 0 Å². The smallest absolute Gasteiger partial charge is 0.115 e. The number of rotatable bonds is 5. The third-order valence-corrected chi connectivity index (χ3v) is 3.07. The molecule has 0 saturated heterocycles. The molecule has 2 heterocycles. The van der Waals surface area contributed by atoms with E-state index in [2.05, 4.69) is 44.5 Å². The van der Waals surface area contributed by atoms with Gasteiger partial charge in [-0.15, -0.1) is 5.10 Å². The molecule has 0 radical (unpaired) electrons. The molecule has 0 N–H and O–H groups in total. The van der Waals surface area contributed by atoms with Crippen molar-refractivity contribution in [2.75, 3.05) is 0 Å². The van der Waals surface area contributed by atoms with Gasteiger partial charge in [0.1, 0.15) is 6.33 Å². The molecule has 5 heteroatoms. The zero-order chi connectivity index (χ0) is 13.6. The molecular weight excluding hydrogens is 250 g/mol. The molecule has 3 rings (SSSR count). The lowest BCUT2D eigenvalue weighted by Gasteiger charge is -1.98. The van der Waals surface area contributed by atoms with Gasteiger partial charge in [0.05, 0.1) is 17.9 Å². The van der Waals surface area contributed by atoms with Crippen LogP contribution < -0.4 is 0 Å². The van der Waals surface area contributed by atoms with Crippen LogP contribution >= 0.6 is 0 Å². The molecule has 20 heavy (non-hydrogen) atoms. The molecule has 0 amide bonds. The summed E-state index contributed by atoms with van der Waals surface area (Å²) < 4.78 is 1.81. The second-order valence-corrected chi connectivity index (χ2v) is 4.59. The highest BCUT2D eigenvalue weighted by atomic mass is 15.4. The minimum Gasteiger partial charge on any atom is -0.246 e. The number of hydrogen-bond acceptors (Lipinski definition) is 4. The number of hydrogen-bond donors (Lipinski definition) is 0. The van der Waals surface area contributed by atoms with E-state index in [0.29, 0.717) is 6.54 Å². The molecule has 0 aliphatic heterocycles. The molecule has 3 aromatic rings. The molecule has 0 aliphatic rings. The number of benzene rings is 1. The maximum absolute atomic E-state index is 4.20. The zero-order valence-electron chi connectivity index (χ0n) is 11.1. The first kappa shape index (κ1) is 12.5. The van der Waals surface area contributed by atoms with Crippen molar-refractivity contribution in [3.63, 3.8) is 0 Å². The van der Waals surface area contributed by atoms with Crippen LogP contribution in [0.15, 0.2) is 55.1 Å². The fourth-order valence-corrected chi connectivity index (χ4v) is 2.03. The van der Waals surface area contributed by atoms with Gasteiger partial charge in [-0.1, -0.05) is 35.5 Å². The normalized spacial score (nSPS) is 10.6. The van der Waals surface area contributed by atoms with Crippen LogP contribution in [-0.2, 0) is 19.4 Å². The van der Waals surface area contributed by atoms with E-state index >= 15 is 0 Å². The summed E-state index contributed by atoms with van der Waals surface area (Å²) in [6.45, 7) is 0.626. The van der Waals surface area contributed by atoms with Gasteiger partial charge in [0.15, 0.2) is 0 Å². The first-order chi connectivity index (χ1) is 9.90. The summed E-state index contributed by atoms with van der Waals surface area (Å²) in [5, 5.41) is 8.33. The second-order valence-electron chi connectivity index (χ2n) is 4.59. The zero-order valence-corrected chi connectivity index (χ0v) is 11.1. The molecule has 0 bridgehead atoms. The maximum atomic E-state index is 4.20. The molecule has 5 nitrogen and oxygen atoms in total. The highest BCUT2D eigenvalue weighted by molar-refractivity contribution is 5.16. The van der Waals surface area contributed by atoms with Crippen molar-refractivity contribution in [1.29, 1.82) is 0 Å². The Morgan fingerprint density at radius 2 is 1.85 bits per heavy atom. The van der Waals surface area contributed by atoms with Crippen molar-refractivity contribution in [2.24, 2.45) is 0 Å². The number of aryl methyl sites for hydroxylation is 2. The van der Waals surface area contributed by atoms with E-state index in [4.69, 9.17) is 0 Å². The lowest BCUT2D eigenvalue weighted by atomic mass is 10.1. The Bertz CT molecular complexity index is 648. The molecule has 0 saturated carbocycles. The number of aromatic nitrogens is 5. The Hall–Kier alpha value is -2.56. The van der Waals surface area contributed by atoms with Gasteiger partial charge in [-0.3, -0.25) is 0 Å². The van der Waals surface area contributed by atoms with Gasteiger partial charge in [-0.25, -0.2) is 14.6 Å². The fraction of sp³-hybridized carbons (Fsp3) is 0.200. The van der Waals surface area contributed by atoms with Gasteiger partial charge in [0, 0.05) is 12.4 Å². The monoisotopic (exact) mass is 265 g/mol. The summed E-state index contributed by atoms with van der Waals surface area (Å²) in [4.78, 5) is 8.08. The minimum atomic E-state index is 0.626. The van der Waals surface area contributed by atoms with Crippen LogP contribution in [0.25, 0.3) is 0 Å². The quantitative estimate of drug-likeness (QED) is 0.707. The summed E-state index contributed by atoms with van der Waals surface area (Å²) in [5.74, 6) is 0. The van der Waals surface area contributed by atoms with Crippen LogP contribution in [0.4, 0.5) is 0 Å². The van der Waals surface area contributed by atoms with Crippen LogP contribution in [0.2, 0.25) is 0 Å². The summed E-state index contributed by atoms with van der Waals surface area (Å²) >= 11 is 0. The van der Waals surface area contributed by atoms with Gasteiger partial charge < -0.3 is 0 Å². The van der Waals surface area contributed by atoms with Crippen molar-refractivity contribution >= 4 is 0 Å². The van der Waals surface area contributed by atoms with E-state index in [9.17, 15) is 0 Å². The molecule has 2 aromatic heterocycles. The maximum Gasteiger partial charge on any atom is 0.115 e. The van der Waals surface area contributed by atoms with Crippen molar-refractivity contribution in [3.8, 4) is 0 Å². The predicted molar refractivity (Wildman–Crippen MR) is 75.0 cm³/mol. The lowest BCUT2D eigenvalue weighted by molar-refractivity contribution is 0.637. The Labute approximate surface area is 117 Å². The molecule has 100 valence electrons. The molecule has 0 fully saturated rings. The van der Waals surface area contributed by atoms with Gasteiger partial charge in [0.25, 0.3) is 0 Å². The van der Waals surface area contributed by atoms with E-state index in [1.54, 1.807) is 12.5 Å². The summed E-state index contributed by atoms with van der Waals surface area (Å²) in [6.07, 6.45) is 7.13. The first-order valence-corrected chi connectivity index (χ1v) is 6.58. The minimum absolute atomic E-state index is 0.626. The molecular formula is C15H15N5. The lowest BCUT2D eigenvalue weighted by Crippen LogP contribution is -2.02.